The molecular weight excluding hydrogens is 376 g/mol. The molecule has 0 spiro atoms. The van der Waals surface area contributed by atoms with E-state index in [9.17, 15) is 9.59 Å². The lowest BCUT2D eigenvalue weighted by molar-refractivity contribution is -0.118. The number of benzene rings is 3. The summed E-state index contributed by atoms with van der Waals surface area (Å²) >= 11 is 0. The molecule has 0 aliphatic heterocycles. The second kappa shape index (κ2) is 10.3. The lowest BCUT2D eigenvalue weighted by Gasteiger charge is -2.15. The van der Waals surface area contributed by atoms with Gasteiger partial charge in [-0.15, -0.1) is 0 Å². The lowest BCUT2D eigenvalue weighted by Crippen LogP contribution is -2.25. The zero-order valence-electron chi connectivity index (χ0n) is 17.2. The van der Waals surface area contributed by atoms with Gasteiger partial charge in [0.15, 0.2) is 6.61 Å². The van der Waals surface area contributed by atoms with Crippen LogP contribution in [0.1, 0.15) is 41.3 Å². The second-order valence-electron chi connectivity index (χ2n) is 7.24. The third-order valence-electron chi connectivity index (χ3n) is 4.64. The standard InChI is InChI=1S/C25H26N2O3/c1-18(2)20-12-6-8-14-22(20)27-24(28)17-30-23-15-9-7-13-21(23)25(29)26-16-19-10-4-3-5-11-19/h3-15,18H,16-17H2,1-2H3,(H,26,29)(H,27,28). The fourth-order valence-corrected chi connectivity index (χ4v) is 3.10. The summed E-state index contributed by atoms with van der Waals surface area (Å²) in [6, 6.07) is 24.3. The molecule has 3 aromatic rings. The predicted molar refractivity (Wildman–Crippen MR) is 119 cm³/mol. The maximum Gasteiger partial charge on any atom is 0.262 e. The van der Waals surface area contributed by atoms with Crippen LogP contribution in [0.25, 0.3) is 0 Å². The van der Waals surface area contributed by atoms with Gasteiger partial charge >= 0.3 is 0 Å². The summed E-state index contributed by atoms with van der Waals surface area (Å²) < 4.78 is 5.67. The number of para-hydroxylation sites is 2. The van der Waals surface area contributed by atoms with Gasteiger partial charge in [0.25, 0.3) is 11.8 Å². The molecule has 0 aromatic heterocycles. The van der Waals surface area contributed by atoms with E-state index in [0.717, 1.165) is 16.8 Å². The van der Waals surface area contributed by atoms with E-state index in [1.807, 2.05) is 54.6 Å². The first-order valence-electron chi connectivity index (χ1n) is 9.97. The number of carbonyl (C=O) groups is 2. The van der Waals surface area contributed by atoms with Gasteiger partial charge in [0.1, 0.15) is 5.75 Å². The van der Waals surface area contributed by atoms with Crippen molar-refractivity contribution in [2.24, 2.45) is 0 Å². The van der Waals surface area contributed by atoms with Gasteiger partial charge in [-0.25, -0.2) is 0 Å². The van der Waals surface area contributed by atoms with Crippen molar-refractivity contribution in [2.75, 3.05) is 11.9 Å². The Morgan fingerprint density at radius 1 is 0.867 bits per heavy atom. The molecule has 30 heavy (non-hydrogen) atoms. The molecule has 0 fully saturated rings. The van der Waals surface area contributed by atoms with Crippen molar-refractivity contribution in [3.8, 4) is 5.75 Å². The van der Waals surface area contributed by atoms with Crippen molar-refractivity contribution < 1.29 is 14.3 Å². The van der Waals surface area contributed by atoms with Gasteiger partial charge in [-0.2, -0.15) is 0 Å². The Morgan fingerprint density at radius 2 is 1.53 bits per heavy atom. The molecule has 5 heteroatoms. The zero-order valence-corrected chi connectivity index (χ0v) is 17.2. The molecule has 0 bridgehead atoms. The van der Waals surface area contributed by atoms with Gasteiger partial charge < -0.3 is 15.4 Å². The number of hydrogen-bond donors (Lipinski definition) is 2. The van der Waals surface area contributed by atoms with Crippen LogP contribution in [0.3, 0.4) is 0 Å². The average molecular weight is 402 g/mol. The van der Waals surface area contributed by atoms with Gasteiger partial charge in [0.05, 0.1) is 5.56 Å². The Morgan fingerprint density at radius 3 is 2.30 bits per heavy atom. The van der Waals surface area contributed by atoms with Crippen molar-refractivity contribution in [1.82, 2.24) is 5.32 Å². The third kappa shape index (κ3) is 5.70. The van der Waals surface area contributed by atoms with Crippen LogP contribution in [0.4, 0.5) is 5.69 Å². The Hall–Kier alpha value is -3.60. The maximum absolute atomic E-state index is 12.6. The molecule has 0 aliphatic carbocycles. The Balaban J connectivity index is 1.61. The van der Waals surface area contributed by atoms with Crippen LogP contribution >= 0.6 is 0 Å². The molecular formula is C25H26N2O3. The van der Waals surface area contributed by atoms with Crippen molar-refractivity contribution >= 4 is 17.5 Å². The van der Waals surface area contributed by atoms with E-state index >= 15 is 0 Å². The molecule has 2 N–H and O–H groups in total. The lowest BCUT2D eigenvalue weighted by atomic mass is 10.0. The van der Waals surface area contributed by atoms with Crippen molar-refractivity contribution in [1.29, 1.82) is 0 Å². The first kappa shape index (κ1) is 21.1. The zero-order chi connectivity index (χ0) is 21.3. The number of nitrogens with one attached hydrogen (secondary N) is 2. The van der Waals surface area contributed by atoms with Crippen LogP contribution in [0.15, 0.2) is 78.9 Å². The van der Waals surface area contributed by atoms with Crippen LogP contribution < -0.4 is 15.4 Å². The van der Waals surface area contributed by atoms with E-state index in [-0.39, 0.29) is 24.3 Å². The molecule has 0 heterocycles. The number of amides is 2. The molecule has 0 radical (unpaired) electrons. The van der Waals surface area contributed by atoms with Crippen LogP contribution in [0, 0.1) is 0 Å². The highest BCUT2D eigenvalue weighted by Crippen LogP contribution is 2.24. The molecule has 0 saturated carbocycles. The minimum Gasteiger partial charge on any atom is -0.483 e. The van der Waals surface area contributed by atoms with Gasteiger partial charge in [0, 0.05) is 12.2 Å². The second-order valence-corrected chi connectivity index (χ2v) is 7.24. The number of ether oxygens (including phenoxy) is 1. The molecule has 0 unspecified atom stereocenters. The van der Waals surface area contributed by atoms with Gasteiger partial charge in [-0.05, 0) is 35.2 Å². The predicted octanol–water partition coefficient (Wildman–Crippen LogP) is 4.76. The smallest absolute Gasteiger partial charge is 0.262 e. The highest BCUT2D eigenvalue weighted by molar-refractivity contribution is 5.97. The Bertz CT molecular complexity index is 1000. The molecule has 2 amide bonds. The first-order chi connectivity index (χ1) is 14.5. The van der Waals surface area contributed by atoms with E-state index < -0.39 is 0 Å². The van der Waals surface area contributed by atoms with E-state index in [0.29, 0.717) is 17.9 Å². The Labute approximate surface area is 177 Å². The summed E-state index contributed by atoms with van der Waals surface area (Å²) in [5.74, 6) is 0.134. The molecule has 0 aliphatic rings. The minimum absolute atomic E-state index is 0.185. The monoisotopic (exact) mass is 402 g/mol. The molecule has 154 valence electrons. The number of rotatable bonds is 8. The number of hydrogen-bond acceptors (Lipinski definition) is 3. The molecule has 0 saturated heterocycles. The van der Waals surface area contributed by atoms with Crippen LogP contribution in [-0.4, -0.2) is 18.4 Å². The van der Waals surface area contributed by atoms with Crippen molar-refractivity contribution in [3.05, 3.63) is 95.6 Å². The van der Waals surface area contributed by atoms with Gasteiger partial charge in [0.2, 0.25) is 0 Å². The van der Waals surface area contributed by atoms with E-state index in [1.165, 1.54) is 0 Å². The highest BCUT2D eigenvalue weighted by Gasteiger charge is 2.14. The maximum atomic E-state index is 12.6. The Kier molecular flexibility index (Phi) is 7.22. The fraction of sp³-hybridized carbons (Fsp3) is 0.200. The van der Waals surface area contributed by atoms with E-state index in [2.05, 4.69) is 24.5 Å². The normalized spacial score (nSPS) is 10.5. The van der Waals surface area contributed by atoms with Crippen LogP contribution in [-0.2, 0) is 11.3 Å². The summed E-state index contributed by atoms with van der Waals surface area (Å²) in [6.45, 7) is 4.38. The molecule has 3 aromatic carbocycles. The topological polar surface area (TPSA) is 67.4 Å². The summed E-state index contributed by atoms with van der Waals surface area (Å²) in [5.41, 5.74) is 3.23. The fourth-order valence-electron chi connectivity index (χ4n) is 3.10. The van der Waals surface area contributed by atoms with Crippen molar-refractivity contribution in [2.45, 2.75) is 26.3 Å². The average Bonchev–Trinajstić information content (AvgIpc) is 2.77. The summed E-state index contributed by atoms with van der Waals surface area (Å²) in [7, 11) is 0. The van der Waals surface area contributed by atoms with Gasteiger partial charge in [-0.3, -0.25) is 9.59 Å². The van der Waals surface area contributed by atoms with Crippen LogP contribution in [0.5, 0.6) is 5.75 Å². The van der Waals surface area contributed by atoms with Crippen molar-refractivity contribution in [3.63, 3.8) is 0 Å². The molecule has 5 nitrogen and oxygen atoms in total. The minimum atomic E-state index is -0.275. The summed E-state index contributed by atoms with van der Waals surface area (Å²) in [4.78, 5) is 25.0. The van der Waals surface area contributed by atoms with Crippen LogP contribution in [0.2, 0.25) is 0 Å². The summed E-state index contributed by atoms with van der Waals surface area (Å²) in [5, 5.41) is 5.78. The summed E-state index contributed by atoms with van der Waals surface area (Å²) in [6.07, 6.45) is 0. The largest absolute Gasteiger partial charge is 0.483 e. The van der Waals surface area contributed by atoms with E-state index in [4.69, 9.17) is 4.74 Å². The van der Waals surface area contributed by atoms with Gasteiger partial charge in [-0.1, -0.05) is 74.5 Å². The third-order valence-corrected chi connectivity index (χ3v) is 4.64. The first-order valence-corrected chi connectivity index (χ1v) is 9.97. The molecule has 3 rings (SSSR count). The SMILES string of the molecule is CC(C)c1ccccc1NC(=O)COc1ccccc1C(=O)NCc1ccccc1. The van der Waals surface area contributed by atoms with E-state index in [1.54, 1.807) is 24.3 Å². The highest BCUT2D eigenvalue weighted by atomic mass is 16.5. The number of carbonyl (C=O) groups excluding carboxylic acids is 2. The number of anilines is 1. The quantitative estimate of drug-likeness (QED) is 0.571. The molecule has 0 atom stereocenters.